The van der Waals surface area contributed by atoms with Gasteiger partial charge in [0, 0.05) is 11.4 Å². The molecular weight excluding hydrogens is 280 g/mol. The minimum absolute atomic E-state index is 0.560. The van der Waals surface area contributed by atoms with E-state index in [0.29, 0.717) is 5.71 Å². The van der Waals surface area contributed by atoms with E-state index in [9.17, 15) is 0 Å². The standard InChI is InChI=1S/C21H26N2/c1-14-9-7-10-15(2)20(14)23(19(6)13-18(5)22)21-16(3)11-8-12-17(21)4/h7-13,22H,1-6H3. The van der Waals surface area contributed by atoms with Gasteiger partial charge in [0.15, 0.2) is 0 Å². The molecule has 0 bridgehead atoms. The van der Waals surface area contributed by atoms with Crippen molar-refractivity contribution in [1.82, 2.24) is 0 Å². The zero-order valence-electron chi connectivity index (χ0n) is 15.0. The Morgan fingerprint density at radius 1 is 0.783 bits per heavy atom. The van der Waals surface area contributed by atoms with Gasteiger partial charge in [-0.2, -0.15) is 0 Å². The number of nitrogens with zero attached hydrogens (tertiary/aromatic N) is 1. The number of hydrogen-bond acceptors (Lipinski definition) is 2. The SMILES string of the molecule is CC(=N)C=C(C)N(c1c(C)cccc1C)c1c(C)cccc1C. The second-order valence-electron chi connectivity index (χ2n) is 6.28. The van der Waals surface area contributed by atoms with Crippen LogP contribution in [0.15, 0.2) is 48.2 Å². The molecule has 0 aliphatic rings. The second-order valence-corrected chi connectivity index (χ2v) is 6.28. The molecule has 2 heteroatoms. The lowest BCUT2D eigenvalue weighted by atomic mass is 10.0. The van der Waals surface area contributed by atoms with Gasteiger partial charge in [-0.15, -0.1) is 0 Å². The number of hydrogen-bond donors (Lipinski definition) is 1. The van der Waals surface area contributed by atoms with Crippen molar-refractivity contribution in [2.45, 2.75) is 41.5 Å². The smallest absolute Gasteiger partial charge is 0.0516 e. The molecule has 0 aromatic heterocycles. The highest BCUT2D eigenvalue weighted by Gasteiger charge is 2.19. The minimum Gasteiger partial charge on any atom is -0.313 e. The summed E-state index contributed by atoms with van der Waals surface area (Å²) < 4.78 is 0. The Morgan fingerprint density at radius 3 is 1.43 bits per heavy atom. The van der Waals surface area contributed by atoms with Gasteiger partial charge in [-0.1, -0.05) is 36.4 Å². The summed E-state index contributed by atoms with van der Waals surface area (Å²) in [5, 5.41) is 7.85. The average molecular weight is 306 g/mol. The first kappa shape index (κ1) is 17.0. The highest BCUT2D eigenvalue weighted by Crippen LogP contribution is 2.38. The first-order valence-corrected chi connectivity index (χ1v) is 7.99. The molecular formula is C21H26N2. The highest BCUT2D eigenvalue weighted by atomic mass is 15.2. The summed E-state index contributed by atoms with van der Waals surface area (Å²) in [5.74, 6) is 0. The van der Waals surface area contributed by atoms with Crippen LogP contribution in [-0.2, 0) is 0 Å². The quantitative estimate of drug-likeness (QED) is 0.689. The second kappa shape index (κ2) is 6.82. The molecule has 0 unspecified atom stereocenters. The van der Waals surface area contributed by atoms with Crippen LogP contribution in [0.3, 0.4) is 0 Å². The van der Waals surface area contributed by atoms with Gasteiger partial charge in [0.05, 0.1) is 11.4 Å². The molecule has 0 aliphatic carbocycles. The molecule has 0 atom stereocenters. The average Bonchev–Trinajstić information content (AvgIpc) is 2.44. The van der Waals surface area contributed by atoms with Crippen molar-refractivity contribution in [3.8, 4) is 0 Å². The van der Waals surface area contributed by atoms with E-state index in [2.05, 4.69) is 75.9 Å². The molecule has 0 aliphatic heterocycles. The van der Waals surface area contributed by atoms with Crippen LogP contribution in [0.5, 0.6) is 0 Å². The molecule has 0 saturated carbocycles. The summed E-state index contributed by atoms with van der Waals surface area (Å²) in [6.45, 7) is 12.5. The van der Waals surface area contributed by atoms with Gasteiger partial charge >= 0.3 is 0 Å². The molecule has 23 heavy (non-hydrogen) atoms. The zero-order valence-corrected chi connectivity index (χ0v) is 15.0. The number of benzene rings is 2. The number of anilines is 2. The Balaban J connectivity index is 2.79. The van der Waals surface area contributed by atoms with Crippen LogP contribution in [0.25, 0.3) is 0 Å². The first-order chi connectivity index (χ1) is 10.8. The Bertz CT molecular complexity index is 677. The van der Waals surface area contributed by atoms with Gasteiger partial charge in [-0.3, -0.25) is 0 Å². The molecule has 0 fully saturated rings. The fraction of sp³-hybridized carbons (Fsp3) is 0.286. The third-order valence-electron chi connectivity index (χ3n) is 4.10. The lowest BCUT2D eigenvalue weighted by Crippen LogP contribution is -2.19. The normalized spacial score (nSPS) is 11.5. The van der Waals surface area contributed by atoms with Crippen LogP contribution in [0, 0.1) is 33.1 Å². The summed E-state index contributed by atoms with van der Waals surface area (Å²) in [4.78, 5) is 2.30. The van der Waals surface area contributed by atoms with E-state index in [1.807, 2.05) is 13.0 Å². The Morgan fingerprint density at radius 2 is 1.13 bits per heavy atom. The van der Waals surface area contributed by atoms with Gasteiger partial charge < -0.3 is 10.3 Å². The molecule has 0 heterocycles. The maximum atomic E-state index is 7.85. The monoisotopic (exact) mass is 306 g/mol. The topological polar surface area (TPSA) is 27.1 Å². The molecule has 2 aromatic rings. The van der Waals surface area contributed by atoms with E-state index in [0.717, 1.165) is 5.70 Å². The number of aryl methyl sites for hydroxylation is 4. The lowest BCUT2D eigenvalue weighted by molar-refractivity contribution is 1.10. The largest absolute Gasteiger partial charge is 0.313 e. The molecule has 0 radical (unpaired) electrons. The van der Waals surface area contributed by atoms with Crippen LogP contribution < -0.4 is 4.90 Å². The summed E-state index contributed by atoms with van der Waals surface area (Å²) in [6.07, 6.45) is 1.93. The molecule has 120 valence electrons. The maximum absolute atomic E-state index is 7.85. The highest BCUT2D eigenvalue weighted by molar-refractivity contribution is 5.92. The van der Waals surface area contributed by atoms with Crippen molar-refractivity contribution in [3.63, 3.8) is 0 Å². The third-order valence-corrected chi connectivity index (χ3v) is 4.10. The molecule has 2 nitrogen and oxygen atoms in total. The molecule has 0 saturated heterocycles. The van der Waals surface area contributed by atoms with Crippen LogP contribution in [0.4, 0.5) is 11.4 Å². The van der Waals surface area contributed by atoms with Crippen LogP contribution >= 0.6 is 0 Å². The summed E-state index contributed by atoms with van der Waals surface area (Å²) >= 11 is 0. The molecule has 2 rings (SSSR count). The summed E-state index contributed by atoms with van der Waals surface area (Å²) in [5.41, 5.74) is 8.99. The van der Waals surface area contributed by atoms with Crippen LogP contribution in [0.1, 0.15) is 36.1 Å². The predicted octanol–water partition coefficient (Wildman–Crippen LogP) is 6.00. The zero-order chi connectivity index (χ0) is 17.1. The van der Waals surface area contributed by atoms with Gasteiger partial charge in [0.1, 0.15) is 0 Å². The van der Waals surface area contributed by atoms with Gasteiger partial charge in [-0.25, -0.2) is 0 Å². The van der Waals surface area contributed by atoms with Gasteiger partial charge in [0.25, 0.3) is 0 Å². The number of para-hydroxylation sites is 2. The van der Waals surface area contributed by atoms with E-state index in [-0.39, 0.29) is 0 Å². The number of rotatable bonds is 4. The van der Waals surface area contributed by atoms with Crippen molar-refractivity contribution in [2.75, 3.05) is 4.90 Å². The number of allylic oxidation sites excluding steroid dienone is 2. The van der Waals surface area contributed by atoms with Crippen LogP contribution in [-0.4, -0.2) is 5.71 Å². The molecule has 2 aromatic carbocycles. The van der Waals surface area contributed by atoms with E-state index >= 15 is 0 Å². The Labute approximate surface area is 140 Å². The van der Waals surface area contributed by atoms with E-state index in [1.54, 1.807) is 0 Å². The fourth-order valence-electron chi connectivity index (χ4n) is 3.16. The van der Waals surface area contributed by atoms with Crippen molar-refractivity contribution < 1.29 is 0 Å². The number of nitrogens with one attached hydrogen (secondary N) is 1. The molecule has 1 N–H and O–H groups in total. The maximum Gasteiger partial charge on any atom is 0.0516 e. The van der Waals surface area contributed by atoms with Gasteiger partial charge in [-0.05, 0) is 69.9 Å². The third kappa shape index (κ3) is 3.53. The molecule has 0 spiro atoms. The van der Waals surface area contributed by atoms with Crippen LogP contribution in [0.2, 0.25) is 0 Å². The van der Waals surface area contributed by atoms with Crippen molar-refractivity contribution in [1.29, 1.82) is 5.41 Å². The van der Waals surface area contributed by atoms with E-state index < -0.39 is 0 Å². The Kier molecular flexibility index (Phi) is 5.05. The van der Waals surface area contributed by atoms with Crippen molar-refractivity contribution in [3.05, 3.63) is 70.4 Å². The minimum atomic E-state index is 0.560. The van der Waals surface area contributed by atoms with E-state index in [4.69, 9.17) is 5.41 Å². The summed E-state index contributed by atoms with van der Waals surface area (Å²) in [7, 11) is 0. The first-order valence-electron chi connectivity index (χ1n) is 7.99. The summed E-state index contributed by atoms with van der Waals surface area (Å²) in [6, 6.07) is 12.8. The van der Waals surface area contributed by atoms with Crippen molar-refractivity contribution in [2.24, 2.45) is 0 Å². The van der Waals surface area contributed by atoms with E-state index in [1.165, 1.54) is 33.6 Å². The Hall–Kier alpha value is -2.35. The lowest BCUT2D eigenvalue weighted by Gasteiger charge is -2.31. The van der Waals surface area contributed by atoms with Gasteiger partial charge in [0.2, 0.25) is 0 Å². The molecule has 0 amide bonds. The predicted molar refractivity (Wildman–Crippen MR) is 101 cm³/mol. The fourth-order valence-corrected chi connectivity index (χ4v) is 3.16. The van der Waals surface area contributed by atoms with Crippen molar-refractivity contribution >= 4 is 17.1 Å².